The lowest BCUT2D eigenvalue weighted by atomic mass is 9.80. The zero-order valence-electron chi connectivity index (χ0n) is 12.2. The predicted octanol–water partition coefficient (Wildman–Crippen LogP) is 2.80. The van der Waals surface area contributed by atoms with Crippen LogP contribution in [-0.4, -0.2) is 41.7 Å². The van der Waals surface area contributed by atoms with Gasteiger partial charge in [0.15, 0.2) is 5.78 Å². The molecule has 2 heterocycles. The summed E-state index contributed by atoms with van der Waals surface area (Å²) in [7, 11) is 2.17. The van der Waals surface area contributed by atoms with E-state index in [1.165, 1.54) is 24.4 Å². The third-order valence-electron chi connectivity index (χ3n) is 4.08. The molecule has 1 aromatic rings. The van der Waals surface area contributed by atoms with Gasteiger partial charge in [-0.3, -0.25) is 4.79 Å². The average molecular weight is 281 g/mol. The largest absolute Gasteiger partial charge is 0.375 e. The molecule has 0 amide bonds. The quantitative estimate of drug-likeness (QED) is 0.862. The Morgan fingerprint density at radius 3 is 2.68 bits per heavy atom. The minimum atomic E-state index is 0.0993. The first-order valence-electron chi connectivity index (χ1n) is 6.81. The van der Waals surface area contributed by atoms with E-state index in [0.29, 0.717) is 5.41 Å². The second kappa shape index (κ2) is 5.59. The van der Waals surface area contributed by atoms with Crippen LogP contribution in [0, 0.1) is 12.3 Å². The highest BCUT2D eigenvalue weighted by atomic mass is 32.1. The minimum Gasteiger partial charge on any atom is -0.375 e. The zero-order chi connectivity index (χ0) is 14.0. The first-order chi connectivity index (χ1) is 8.91. The van der Waals surface area contributed by atoms with Crippen LogP contribution in [0.1, 0.15) is 42.7 Å². The smallest absolute Gasteiger partial charge is 0.164 e. The van der Waals surface area contributed by atoms with Crippen LogP contribution < -0.4 is 5.32 Å². The molecule has 1 N–H and O–H groups in total. The second-order valence-corrected chi connectivity index (χ2v) is 6.77. The summed E-state index contributed by atoms with van der Waals surface area (Å²) in [6, 6.07) is 0. The molecule has 1 saturated heterocycles. The number of piperidine rings is 1. The molecule has 19 heavy (non-hydrogen) atoms. The van der Waals surface area contributed by atoms with E-state index in [1.807, 2.05) is 6.92 Å². The number of carbonyl (C=O) groups excluding carboxylic acids is 1. The highest BCUT2D eigenvalue weighted by Gasteiger charge is 2.29. The highest BCUT2D eigenvalue weighted by molar-refractivity contribution is 7.10. The van der Waals surface area contributed by atoms with Crippen molar-refractivity contribution >= 4 is 22.3 Å². The van der Waals surface area contributed by atoms with Gasteiger partial charge in [0.2, 0.25) is 0 Å². The maximum absolute atomic E-state index is 11.6. The summed E-state index contributed by atoms with van der Waals surface area (Å²) in [5.41, 5.74) is 1.92. The summed E-state index contributed by atoms with van der Waals surface area (Å²) in [6.45, 7) is 9.06. The fraction of sp³-hybridized carbons (Fsp3) is 0.714. The van der Waals surface area contributed by atoms with Crippen molar-refractivity contribution in [3.63, 3.8) is 0 Å². The zero-order valence-corrected chi connectivity index (χ0v) is 13.1. The summed E-state index contributed by atoms with van der Waals surface area (Å²) < 4.78 is 4.29. The van der Waals surface area contributed by atoms with E-state index in [9.17, 15) is 4.79 Å². The van der Waals surface area contributed by atoms with E-state index >= 15 is 0 Å². The summed E-state index contributed by atoms with van der Waals surface area (Å²) in [4.78, 5) is 14.0. The number of nitrogens with one attached hydrogen (secondary N) is 1. The van der Waals surface area contributed by atoms with Gasteiger partial charge in [-0.25, -0.2) is 0 Å². The molecule has 1 aliphatic rings. The van der Waals surface area contributed by atoms with Gasteiger partial charge in [0.25, 0.3) is 0 Å². The number of rotatable bonds is 4. The minimum absolute atomic E-state index is 0.0993. The van der Waals surface area contributed by atoms with Crippen LogP contribution in [0.3, 0.4) is 0 Å². The Morgan fingerprint density at radius 1 is 1.47 bits per heavy atom. The van der Waals surface area contributed by atoms with Gasteiger partial charge in [-0.05, 0) is 63.8 Å². The molecular weight excluding hydrogens is 258 g/mol. The molecule has 1 aliphatic heterocycles. The molecule has 1 fully saturated rings. The van der Waals surface area contributed by atoms with Gasteiger partial charge >= 0.3 is 0 Å². The Kier molecular flexibility index (Phi) is 4.26. The van der Waals surface area contributed by atoms with Gasteiger partial charge in [-0.2, -0.15) is 4.37 Å². The highest BCUT2D eigenvalue weighted by Crippen LogP contribution is 2.32. The van der Waals surface area contributed by atoms with E-state index in [4.69, 9.17) is 0 Å². The standard InChI is InChI=1S/C14H23N3OS/c1-10-12(11(2)18)13(19-16-10)15-9-14(3)5-7-17(4)8-6-14/h15H,5-9H2,1-4H3. The van der Waals surface area contributed by atoms with Gasteiger partial charge in [0, 0.05) is 6.54 Å². The molecule has 106 valence electrons. The first-order valence-corrected chi connectivity index (χ1v) is 7.58. The van der Waals surface area contributed by atoms with E-state index in [-0.39, 0.29) is 5.78 Å². The maximum Gasteiger partial charge on any atom is 0.164 e. The lowest BCUT2D eigenvalue weighted by molar-refractivity contribution is 0.101. The van der Waals surface area contributed by atoms with E-state index in [1.54, 1.807) is 6.92 Å². The molecule has 0 aromatic carbocycles. The number of carbonyl (C=O) groups is 1. The second-order valence-electron chi connectivity index (χ2n) is 6.00. The number of hydrogen-bond acceptors (Lipinski definition) is 5. The Labute approximate surface area is 119 Å². The van der Waals surface area contributed by atoms with Crippen molar-refractivity contribution in [2.45, 2.75) is 33.6 Å². The van der Waals surface area contributed by atoms with Crippen LogP contribution >= 0.6 is 11.5 Å². The molecular formula is C14H23N3OS. The summed E-state index contributed by atoms with van der Waals surface area (Å²) >= 11 is 1.40. The van der Waals surface area contributed by atoms with Crippen LogP contribution in [0.25, 0.3) is 0 Å². The van der Waals surface area contributed by atoms with E-state index in [2.05, 4.69) is 28.6 Å². The third kappa shape index (κ3) is 3.34. The summed E-state index contributed by atoms with van der Waals surface area (Å²) in [5.74, 6) is 0.0993. The van der Waals surface area contributed by atoms with Crippen molar-refractivity contribution in [2.24, 2.45) is 5.41 Å². The molecule has 0 spiro atoms. The van der Waals surface area contributed by atoms with Crippen molar-refractivity contribution in [1.29, 1.82) is 0 Å². The number of ketones is 1. The molecule has 0 saturated carbocycles. The molecule has 0 bridgehead atoms. The van der Waals surface area contributed by atoms with Gasteiger partial charge in [0.1, 0.15) is 5.00 Å². The van der Waals surface area contributed by atoms with Crippen molar-refractivity contribution in [2.75, 3.05) is 32.0 Å². The lowest BCUT2D eigenvalue weighted by Gasteiger charge is -2.38. The number of aromatic nitrogens is 1. The fourth-order valence-electron chi connectivity index (χ4n) is 2.53. The molecule has 0 atom stereocenters. The van der Waals surface area contributed by atoms with Crippen LogP contribution in [-0.2, 0) is 0 Å². The monoisotopic (exact) mass is 281 g/mol. The molecule has 0 aliphatic carbocycles. The number of hydrogen-bond donors (Lipinski definition) is 1. The van der Waals surface area contributed by atoms with Gasteiger partial charge in [-0.1, -0.05) is 6.92 Å². The number of Topliss-reactive ketones (excluding diaryl/α,β-unsaturated/α-hetero) is 1. The van der Waals surface area contributed by atoms with Crippen LogP contribution in [0.15, 0.2) is 0 Å². The van der Waals surface area contributed by atoms with Gasteiger partial charge < -0.3 is 10.2 Å². The van der Waals surface area contributed by atoms with E-state index in [0.717, 1.165) is 35.9 Å². The molecule has 4 nitrogen and oxygen atoms in total. The molecule has 2 rings (SSSR count). The fourth-order valence-corrected chi connectivity index (χ4v) is 3.37. The van der Waals surface area contributed by atoms with Crippen molar-refractivity contribution in [3.05, 3.63) is 11.3 Å². The van der Waals surface area contributed by atoms with E-state index < -0.39 is 0 Å². The molecule has 1 aromatic heterocycles. The predicted molar refractivity (Wildman–Crippen MR) is 80.2 cm³/mol. The van der Waals surface area contributed by atoms with Crippen LogP contribution in [0.2, 0.25) is 0 Å². The maximum atomic E-state index is 11.6. The van der Waals surface area contributed by atoms with Crippen molar-refractivity contribution in [1.82, 2.24) is 9.27 Å². The average Bonchev–Trinajstić information content (AvgIpc) is 2.72. The Hall–Kier alpha value is -0.940. The third-order valence-corrected chi connectivity index (χ3v) is 4.98. The molecule has 5 heteroatoms. The SMILES string of the molecule is CC(=O)c1c(C)nsc1NCC1(C)CCN(C)CC1. The van der Waals surface area contributed by atoms with Gasteiger partial charge in [-0.15, -0.1) is 0 Å². The Morgan fingerprint density at radius 2 is 2.11 bits per heavy atom. The van der Waals surface area contributed by atoms with Gasteiger partial charge in [0.05, 0.1) is 11.3 Å². The summed E-state index contributed by atoms with van der Waals surface area (Å²) in [6.07, 6.45) is 2.40. The number of aryl methyl sites for hydroxylation is 1. The lowest BCUT2D eigenvalue weighted by Crippen LogP contribution is -2.40. The van der Waals surface area contributed by atoms with Crippen LogP contribution in [0.4, 0.5) is 5.00 Å². The molecule has 0 unspecified atom stereocenters. The normalized spacial score (nSPS) is 19.4. The summed E-state index contributed by atoms with van der Waals surface area (Å²) in [5, 5.41) is 4.39. The van der Waals surface area contributed by atoms with Crippen LogP contribution in [0.5, 0.6) is 0 Å². The Bertz CT molecular complexity index is 461. The Balaban J connectivity index is 2.01. The first kappa shape index (κ1) is 14.5. The number of likely N-dealkylation sites (tertiary alicyclic amines) is 1. The van der Waals surface area contributed by atoms with Crippen molar-refractivity contribution in [3.8, 4) is 0 Å². The number of nitrogens with zero attached hydrogens (tertiary/aromatic N) is 2. The topological polar surface area (TPSA) is 45.2 Å². The van der Waals surface area contributed by atoms with Crippen molar-refractivity contribution < 1.29 is 4.79 Å². The number of anilines is 1. The molecule has 0 radical (unpaired) electrons.